The van der Waals surface area contributed by atoms with Crippen LogP contribution in [0.2, 0.25) is 5.02 Å². The van der Waals surface area contributed by atoms with Crippen LogP contribution in [0.4, 0.5) is 0 Å². The predicted octanol–water partition coefficient (Wildman–Crippen LogP) is 3.03. The lowest BCUT2D eigenvalue weighted by atomic mass is 10.0. The van der Waals surface area contributed by atoms with E-state index in [1.54, 1.807) is 0 Å². The molecule has 0 bridgehead atoms. The van der Waals surface area contributed by atoms with Crippen LogP contribution in [0.3, 0.4) is 0 Å². The number of carbonyl (C=O) groups excluding carboxylic acids is 1. The lowest BCUT2D eigenvalue weighted by Gasteiger charge is -2.25. The Morgan fingerprint density at radius 2 is 2.21 bits per heavy atom. The minimum atomic E-state index is 0. The van der Waals surface area contributed by atoms with Crippen LogP contribution in [-0.4, -0.2) is 30.9 Å². The van der Waals surface area contributed by atoms with Crippen LogP contribution < -0.4 is 5.32 Å². The van der Waals surface area contributed by atoms with Gasteiger partial charge in [-0.1, -0.05) is 29.8 Å². The molecule has 1 aromatic carbocycles. The maximum atomic E-state index is 12.1. The van der Waals surface area contributed by atoms with E-state index >= 15 is 0 Å². The van der Waals surface area contributed by atoms with Crippen LogP contribution in [0, 0.1) is 0 Å². The molecule has 1 N–H and O–H groups in total. The van der Waals surface area contributed by atoms with E-state index in [0.29, 0.717) is 6.42 Å². The van der Waals surface area contributed by atoms with E-state index in [0.717, 1.165) is 36.5 Å². The molecule has 1 heterocycles. The van der Waals surface area contributed by atoms with Crippen LogP contribution in [0.15, 0.2) is 24.3 Å². The lowest BCUT2D eigenvalue weighted by molar-refractivity contribution is -0.132. The highest BCUT2D eigenvalue weighted by atomic mass is 35.5. The molecule has 0 saturated carbocycles. The van der Waals surface area contributed by atoms with E-state index in [1.807, 2.05) is 36.2 Å². The number of amides is 1. The molecule has 1 unspecified atom stereocenters. The van der Waals surface area contributed by atoms with Crippen molar-refractivity contribution >= 4 is 29.9 Å². The third-order valence-electron chi connectivity index (χ3n) is 3.43. The molecule has 1 amide bonds. The average Bonchev–Trinajstić information content (AvgIpc) is 2.85. The van der Waals surface area contributed by atoms with Gasteiger partial charge in [-0.05, 0) is 31.5 Å². The van der Waals surface area contributed by atoms with Crippen LogP contribution in [0.1, 0.15) is 30.9 Å². The first-order valence-electron chi connectivity index (χ1n) is 6.42. The smallest absolute Gasteiger partial charge is 0.224 e. The van der Waals surface area contributed by atoms with Gasteiger partial charge < -0.3 is 10.2 Å². The summed E-state index contributed by atoms with van der Waals surface area (Å²) in [5.41, 5.74) is 1.08. The quantitative estimate of drug-likeness (QED) is 0.927. The van der Waals surface area contributed by atoms with E-state index in [4.69, 9.17) is 11.6 Å². The second-order valence-electron chi connectivity index (χ2n) is 4.62. The first-order valence-corrected chi connectivity index (χ1v) is 6.80. The first-order chi connectivity index (χ1) is 8.74. The van der Waals surface area contributed by atoms with Crippen molar-refractivity contribution in [1.82, 2.24) is 10.2 Å². The summed E-state index contributed by atoms with van der Waals surface area (Å²) in [6.07, 6.45) is 2.62. The standard InChI is InChI=1S/C14H19ClN2O.ClH/c1-16-9-8-14(18)17-10-4-7-13(17)11-5-2-3-6-12(11)15;/h2-3,5-6,13,16H,4,7-10H2,1H3;1H. The fourth-order valence-corrected chi connectivity index (χ4v) is 2.77. The van der Waals surface area contributed by atoms with Crippen molar-refractivity contribution in [1.29, 1.82) is 0 Å². The molecule has 2 rings (SSSR count). The molecule has 1 aliphatic heterocycles. The van der Waals surface area contributed by atoms with Crippen molar-refractivity contribution in [2.45, 2.75) is 25.3 Å². The Morgan fingerprint density at radius 1 is 1.47 bits per heavy atom. The van der Waals surface area contributed by atoms with Crippen molar-refractivity contribution in [3.63, 3.8) is 0 Å². The molecule has 0 spiro atoms. The topological polar surface area (TPSA) is 32.3 Å². The Bertz CT molecular complexity index is 426. The third kappa shape index (κ3) is 3.85. The number of benzene rings is 1. The Labute approximate surface area is 125 Å². The lowest BCUT2D eigenvalue weighted by Crippen LogP contribution is -2.32. The molecule has 0 radical (unpaired) electrons. The summed E-state index contributed by atoms with van der Waals surface area (Å²) >= 11 is 6.23. The molecule has 1 aromatic rings. The zero-order valence-corrected chi connectivity index (χ0v) is 12.6. The number of hydrogen-bond acceptors (Lipinski definition) is 2. The van der Waals surface area contributed by atoms with Crippen LogP contribution in [-0.2, 0) is 4.79 Å². The van der Waals surface area contributed by atoms with Gasteiger partial charge in [0.05, 0.1) is 6.04 Å². The van der Waals surface area contributed by atoms with Crippen molar-refractivity contribution in [3.8, 4) is 0 Å². The van der Waals surface area contributed by atoms with Gasteiger partial charge >= 0.3 is 0 Å². The number of nitrogens with zero attached hydrogens (tertiary/aromatic N) is 1. The summed E-state index contributed by atoms with van der Waals surface area (Å²) in [6.45, 7) is 1.57. The summed E-state index contributed by atoms with van der Waals surface area (Å²) in [6, 6.07) is 7.98. The number of nitrogens with one attached hydrogen (secondary N) is 1. The second-order valence-corrected chi connectivity index (χ2v) is 5.03. The molecular formula is C14H20Cl2N2O. The van der Waals surface area contributed by atoms with E-state index < -0.39 is 0 Å². The van der Waals surface area contributed by atoms with Crippen molar-refractivity contribution < 1.29 is 4.79 Å². The first kappa shape index (κ1) is 16.3. The van der Waals surface area contributed by atoms with Gasteiger partial charge in [-0.25, -0.2) is 0 Å². The Morgan fingerprint density at radius 3 is 2.89 bits per heavy atom. The number of likely N-dealkylation sites (tertiary alicyclic amines) is 1. The fraction of sp³-hybridized carbons (Fsp3) is 0.500. The Kier molecular flexibility index (Phi) is 6.63. The van der Waals surface area contributed by atoms with Gasteiger partial charge in [-0.15, -0.1) is 12.4 Å². The maximum Gasteiger partial charge on any atom is 0.224 e. The highest BCUT2D eigenvalue weighted by molar-refractivity contribution is 6.31. The number of carbonyl (C=O) groups is 1. The molecule has 0 aliphatic carbocycles. The van der Waals surface area contributed by atoms with Gasteiger partial charge in [0.1, 0.15) is 0 Å². The monoisotopic (exact) mass is 302 g/mol. The molecule has 0 aromatic heterocycles. The summed E-state index contributed by atoms with van der Waals surface area (Å²) in [7, 11) is 1.86. The molecule has 3 nitrogen and oxygen atoms in total. The summed E-state index contributed by atoms with van der Waals surface area (Å²) < 4.78 is 0. The minimum absolute atomic E-state index is 0. The SMILES string of the molecule is CNCCC(=O)N1CCCC1c1ccccc1Cl.Cl. The van der Waals surface area contributed by atoms with Crippen molar-refractivity contribution in [3.05, 3.63) is 34.9 Å². The molecule has 1 fully saturated rings. The summed E-state index contributed by atoms with van der Waals surface area (Å²) in [5.74, 6) is 0.215. The number of rotatable bonds is 4. The number of halogens is 2. The van der Waals surface area contributed by atoms with Gasteiger partial charge in [0.25, 0.3) is 0 Å². The van der Waals surface area contributed by atoms with E-state index in [9.17, 15) is 4.79 Å². The molecule has 19 heavy (non-hydrogen) atoms. The van der Waals surface area contributed by atoms with Crippen LogP contribution >= 0.6 is 24.0 Å². The van der Waals surface area contributed by atoms with Crippen LogP contribution in [0.5, 0.6) is 0 Å². The zero-order chi connectivity index (χ0) is 13.0. The van der Waals surface area contributed by atoms with Crippen molar-refractivity contribution in [2.24, 2.45) is 0 Å². The van der Waals surface area contributed by atoms with E-state index in [-0.39, 0.29) is 24.4 Å². The molecule has 1 atom stereocenters. The highest BCUT2D eigenvalue weighted by Crippen LogP contribution is 2.35. The van der Waals surface area contributed by atoms with Crippen molar-refractivity contribution in [2.75, 3.05) is 20.1 Å². The normalized spacial score (nSPS) is 18.2. The molecule has 1 saturated heterocycles. The Balaban J connectivity index is 0.00000180. The summed E-state index contributed by atoms with van der Waals surface area (Å²) in [5, 5.41) is 3.77. The highest BCUT2D eigenvalue weighted by Gasteiger charge is 2.30. The second kappa shape index (κ2) is 7.73. The third-order valence-corrected chi connectivity index (χ3v) is 3.77. The maximum absolute atomic E-state index is 12.1. The van der Waals surface area contributed by atoms with Gasteiger partial charge in [0, 0.05) is 24.5 Å². The molecular weight excluding hydrogens is 283 g/mol. The van der Waals surface area contributed by atoms with Gasteiger partial charge in [-0.2, -0.15) is 0 Å². The molecule has 106 valence electrons. The average molecular weight is 303 g/mol. The number of hydrogen-bond donors (Lipinski definition) is 1. The Hall–Kier alpha value is -0.770. The van der Waals surface area contributed by atoms with E-state index in [1.165, 1.54) is 0 Å². The van der Waals surface area contributed by atoms with E-state index in [2.05, 4.69) is 5.32 Å². The van der Waals surface area contributed by atoms with Gasteiger partial charge in [0.15, 0.2) is 0 Å². The zero-order valence-electron chi connectivity index (χ0n) is 11.1. The predicted molar refractivity (Wildman–Crippen MR) is 80.9 cm³/mol. The molecule has 1 aliphatic rings. The fourth-order valence-electron chi connectivity index (χ4n) is 2.51. The van der Waals surface area contributed by atoms with Gasteiger partial charge in [0.2, 0.25) is 5.91 Å². The van der Waals surface area contributed by atoms with Crippen LogP contribution in [0.25, 0.3) is 0 Å². The van der Waals surface area contributed by atoms with Gasteiger partial charge in [-0.3, -0.25) is 4.79 Å². The molecule has 5 heteroatoms. The largest absolute Gasteiger partial charge is 0.336 e. The minimum Gasteiger partial charge on any atom is -0.336 e. The summed E-state index contributed by atoms with van der Waals surface area (Å²) in [4.78, 5) is 14.1.